The fraction of sp³-hybridized carbons (Fsp3) is 0.647. The average Bonchev–Trinajstić information content (AvgIpc) is 2.42. The van der Waals surface area contributed by atoms with E-state index in [4.69, 9.17) is 4.74 Å². The Bertz CT molecular complexity index is 424. The van der Waals surface area contributed by atoms with Crippen LogP contribution in [-0.2, 0) is 0 Å². The summed E-state index contributed by atoms with van der Waals surface area (Å²) in [4.78, 5) is 0. The van der Waals surface area contributed by atoms with Gasteiger partial charge in [0.2, 0.25) is 0 Å². The van der Waals surface area contributed by atoms with Crippen molar-refractivity contribution in [3.63, 3.8) is 0 Å². The van der Waals surface area contributed by atoms with E-state index in [0.717, 1.165) is 24.8 Å². The summed E-state index contributed by atoms with van der Waals surface area (Å²) in [5.41, 5.74) is 2.46. The van der Waals surface area contributed by atoms with Crippen molar-refractivity contribution in [2.75, 3.05) is 13.2 Å². The number of hydrogen-bond donors (Lipinski definition) is 1. The first-order valence-electron chi connectivity index (χ1n) is 7.71. The molecule has 3 heteroatoms. The van der Waals surface area contributed by atoms with E-state index < -0.39 is 0 Å². The second-order valence-electron chi connectivity index (χ2n) is 6.04. The molecule has 0 bridgehead atoms. The van der Waals surface area contributed by atoms with Gasteiger partial charge in [0.25, 0.3) is 0 Å². The third kappa shape index (κ3) is 4.23. The van der Waals surface area contributed by atoms with E-state index >= 15 is 0 Å². The molecule has 20 heavy (non-hydrogen) atoms. The maximum absolute atomic E-state index is 5.87. The second kappa shape index (κ2) is 7.46. The van der Waals surface area contributed by atoms with Gasteiger partial charge in [-0.1, -0.05) is 35.7 Å². The van der Waals surface area contributed by atoms with Gasteiger partial charge in [-0.05, 0) is 55.9 Å². The maximum Gasteiger partial charge on any atom is 0.119 e. The zero-order valence-electron chi connectivity index (χ0n) is 12.8. The Labute approximate surface area is 131 Å². The lowest BCUT2D eigenvalue weighted by Crippen LogP contribution is -2.39. The summed E-state index contributed by atoms with van der Waals surface area (Å²) in [6.45, 7) is 8.24. The number of ether oxygens (including phenoxy) is 1. The van der Waals surface area contributed by atoms with Crippen molar-refractivity contribution in [3.8, 4) is 5.75 Å². The van der Waals surface area contributed by atoms with Crippen molar-refractivity contribution in [3.05, 3.63) is 27.7 Å². The Balaban J connectivity index is 1.76. The summed E-state index contributed by atoms with van der Waals surface area (Å²) in [5, 5.41) is 3.65. The van der Waals surface area contributed by atoms with Crippen LogP contribution in [0.5, 0.6) is 5.75 Å². The van der Waals surface area contributed by atoms with Crippen molar-refractivity contribution in [1.29, 1.82) is 0 Å². The van der Waals surface area contributed by atoms with Crippen LogP contribution in [0.25, 0.3) is 0 Å². The van der Waals surface area contributed by atoms with E-state index in [9.17, 15) is 0 Å². The largest absolute Gasteiger partial charge is 0.492 e. The van der Waals surface area contributed by atoms with Crippen molar-refractivity contribution < 1.29 is 4.74 Å². The SMILES string of the molecule is Cc1cc(OCCNC2CCCCC2C)cc(C)c1Br. The molecule has 1 aliphatic carbocycles. The number of benzene rings is 1. The highest BCUT2D eigenvalue weighted by molar-refractivity contribution is 9.10. The molecule has 1 aromatic rings. The van der Waals surface area contributed by atoms with E-state index in [1.165, 1.54) is 41.3 Å². The summed E-state index contributed by atoms with van der Waals surface area (Å²) < 4.78 is 7.05. The first kappa shape index (κ1) is 15.8. The van der Waals surface area contributed by atoms with E-state index in [0.29, 0.717) is 6.04 Å². The van der Waals surface area contributed by atoms with Crippen molar-refractivity contribution in [2.24, 2.45) is 5.92 Å². The van der Waals surface area contributed by atoms with Gasteiger partial charge in [0, 0.05) is 17.1 Å². The lowest BCUT2D eigenvalue weighted by atomic mass is 9.86. The standard InChI is InChI=1S/C17H26BrNO/c1-12-6-4-5-7-16(12)19-8-9-20-15-10-13(2)17(18)14(3)11-15/h10-12,16,19H,4-9H2,1-3H3. The molecule has 0 saturated heterocycles. The van der Waals surface area contributed by atoms with Crippen LogP contribution in [0.1, 0.15) is 43.7 Å². The first-order chi connectivity index (χ1) is 9.58. The zero-order valence-corrected chi connectivity index (χ0v) is 14.4. The second-order valence-corrected chi connectivity index (χ2v) is 6.83. The molecular weight excluding hydrogens is 314 g/mol. The highest BCUT2D eigenvalue weighted by Gasteiger charge is 2.20. The highest BCUT2D eigenvalue weighted by Crippen LogP contribution is 2.26. The fourth-order valence-corrected chi connectivity index (χ4v) is 3.25. The van der Waals surface area contributed by atoms with Gasteiger partial charge in [-0.3, -0.25) is 0 Å². The molecule has 1 aromatic carbocycles. The fourth-order valence-electron chi connectivity index (χ4n) is 3.02. The summed E-state index contributed by atoms with van der Waals surface area (Å²) in [6.07, 6.45) is 5.45. The average molecular weight is 340 g/mol. The van der Waals surface area contributed by atoms with E-state index in [2.05, 4.69) is 54.2 Å². The molecule has 0 spiro atoms. The minimum Gasteiger partial charge on any atom is -0.492 e. The number of nitrogens with one attached hydrogen (secondary N) is 1. The minimum atomic E-state index is 0.681. The Morgan fingerprint density at radius 1 is 1.20 bits per heavy atom. The Kier molecular flexibility index (Phi) is 5.91. The molecule has 1 fully saturated rings. The van der Waals surface area contributed by atoms with Crippen LogP contribution < -0.4 is 10.1 Å². The van der Waals surface area contributed by atoms with Crippen molar-refractivity contribution >= 4 is 15.9 Å². The van der Waals surface area contributed by atoms with Crippen LogP contribution in [0.2, 0.25) is 0 Å². The highest BCUT2D eigenvalue weighted by atomic mass is 79.9. The Hall–Kier alpha value is -0.540. The third-order valence-corrected chi connectivity index (χ3v) is 5.55. The molecule has 0 amide bonds. The van der Waals surface area contributed by atoms with Gasteiger partial charge in [-0.2, -0.15) is 0 Å². The first-order valence-corrected chi connectivity index (χ1v) is 8.50. The zero-order chi connectivity index (χ0) is 14.5. The van der Waals surface area contributed by atoms with Crippen LogP contribution >= 0.6 is 15.9 Å². The summed E-state index contributed by atoms with van der Waals surface area (Å²) >= 11 is 3.59. The van der Waals surface area contributed by atoms with Gasteiger partial charge >= 0.3 is 0 Å². The normalized spacial score (nSPS) is 22.8. The molecule has 1 saturated carbocycles. The predicted octanol–water partition coefficient (Wildman–Crippen LogP) is 4.61. The molecule has 0 radical (unpaired) electrons. The minimum absolute atomic E-state index is 0.681. The number of hydrogen-bond acceptors (Lipinski definition) is 2. The van der Waals surface area contributed by atoms with Gasteiger partial charge in [-0.15, -0.1) is 0 Å². The molecule has 0 aromatic heterocycles. The summed E-state index contributed by atoms with van der Waals surface area (Å²) in [5.74, 6) is 1.78. The number of halogens is 1. The molecule has 1 N–H and O–H groups in total. The van der Waals surface area contributed by atoms with Crippen LogP contribution in [0.15, 0.2) is 16.6 Å². The van der Waals surface area contributed by atoms with Gasteiger partial charge in [0.15, 0.2) is 0 Å². The number of rotatable bonds is 5. The third-order valence-electron chi connectivity index (χ3n) is 4.30. The molecule has 2 unspecified atom stereocenters. The van der Waals surface area contributed by atoms with Crippen LogP contribution in [0.4, 0.5) is 0 Å². The van der Waals surface area contributed by atoms with E-state index in [1.807, 2.05) is 0 Å². The molecule has 0 aliphatic heterocycles. The van der Waals surface area contributed by atoms with Crippen molar-refractivity contribution in [2.45, 2.75) is 52.5 Å². The molecule has 1 aliphatic rings. The predicted molar refractivity (Wildman–Crippen MR) is 88.5 cm³/mol. The topological polar surface area (TPSA) is 21.3 Å². The lowest BCUT2D eigenvalue weighted by Gasteiger charge is -2.29. The Morgan fingerprint density at radius 2 is 1.85 bits per heavy atom. The van der Waals surface area contributed by atoms with Crippen molar-refractivity contribution in [1.82, 2.24) is 5.32 Å². The molecule has 2 atom stereocenters. The van der Waals surface area contributed by atoms with Gasteiger partial charge < -0.3 is 10.1 Å². The Morgan fingerprint density at radius 3 is 2.50 bits per heavy atom. The molecule has 0 heterocycles. The van der Waals surface area contributed by atoms with Gasteiger partial charge in [-0.25, -0.2) is 0 Å². The quantitative estimate of drug-likeness (QED) is 0.790. The maximum atomic E-state index is 5.87. The lowest BCUT2D eigenvalue weighted by molar-refractivity contribution is 0.251. The van der Waals surface area contributed by atoms with Crippen LogP contribution in [0, 0.1) is 19.8 Å². The van der Waals surface area contributed by atoms with Crippen LogP contribution in [-0.4, -0.2) is 19.2 Å². The number of aryl methyl sites for hydroxylation is 2. The van der Waals surface area contributed by atoms with E-state index in [-0.39, 0.29) is 0 Å². The molecule has 2 nitrogen and oxygen atoms in total. The smallest absolute Gasteiger partial charge is 0.119 e. The van der Waals surface area contributed by atoms with Gasteiger partial charge in [0.1, 0.15) is 12.4 Å². The van der Waals surface area contributed by atoms with E-state index in [1.54, 1.807) is 0 Å². The monoisotopic (exact) mass is 339 g/mol. The van der Waals surface area contributed by atoms with Crippen LogP contribution in [0.3, 0.4) is 0 Å². The molecule has 2 rings (SSSR count). The summed E-state index contributed by atoms with van der Waals surface area (Å²) in [7, 11) is 0. The molecular formula is C17H26BrNO. The van der Waals surface area contributed by atoms with Gasteiger partial charge in [0.05, 0.1) is 0 Å². The summed E-state index contributed by atoms with van der Waals surface area (Å²) in [6, 6.07) is 4.88. The molecule has 112 valence electrons.